The lowest BCUT2D eigenvalue weighted by Gasteiger charge is -2.48. The molecule has 3 aliphatic rings. The summed E-state index contributed by atoms with van der Waals surface area (Å²) in [6.45, 7) is -0.631. The summed E-state index contributed by atoms with van der Waals surface area (Å²) in [5.74, 6) is -2.60. The van der Waals surface area contributed by atoms with E-state index in [1.165, 1.54) is 28.0 Å². The molecule has 0 aromatic heterocycles. The number of hydrogen-bond acceptors (Lipinski definition) is 5. The molecule has 2 aliphatic heterocycles. The molecule has 2 aromatic rings. The standard InChI is InChI=1S/C23H20FN3O5/c24-14-4-3-5-15(12-14)25-19(28)13-32-22(31)23-11-10-20(29)27(23)18-7-2-1-6-17(18)21(30)26(23)16-8-9-16/h1-7,12,16H,8-11,13H2,(H,25,28). The molecule has 1 saturated heterocycles. The fourth-order valence-electron chi connectivity index (χ4n) is 4.52. The van der Waals surface area contributed by atoms with E-state index in [1.54, 1.807) is 24.3 Å². The van der Waals surface area contributed by atoms with Gasteiger partial charge in [-0.25, -0.2) is 9.18 Å². The number of benzene rings is 2. The van der Waals surface area contributed by atoms with Gasteiger partial charge in [0.05, 0.1) is 11.3 Å². The largest absolute Gasteiger partial charge is 0.452 e. The molecule has 2 heterocycles. The van der Waals surface area contributed by atoms with Crippen molar-refractivity contribution < 1.29 is 28.3 Å². The van der Waals surface area contributed by atoms with Crippen LogP contribution < -0.4 is 10.2 Å². The summed E-state index contributed by atoms with van der Waals surface area (Å²) >= 11 is 0. The number of ether oxygens (including phenoxy) is 1. The van der Waals surface area contributed by atoms with Gasteiger partial charge >= 0.3 is 5.97 Å². The van der Waals surface area contributed by atoms with Crippen LogP contribution in [0.5, 0.6) is 0 Å². The maximum absolute atomic E-state index is 13.4. The SMILES string of the molecule is O=C(COC(=O)C12CCC(=O)N1c1ccccc1C(=O)N2C1CC1)Nc1cccc(F)c1. The van der Waals surface area contributed by atoms with Gasteiger partial charge in [0, 0.05) is 24.6 Å². The first-order chi connectivity index (χ1) is 15.4. The average Bonchev–Trinajstić information content (AvgIpc) is 3.54. The highest BCUT2D eigenvalue weighted by Crippen LogP contribution is 2.49. The number of carbonyl (C=O) groups is 4. The summed E-state index contributed by atoms with van der Waals surface area (Å²) in [5, 5.41) is 2.46. The molecule has 2 fully saturated rings. The molecule has 9 heteroatoms. The first-order valence-corrected chi connectivity index (χ1v) is 10.4. The van der Waals surface area contributed by atoms with E-state index in [0.29, 0.717) is 11.3 Å². The Labute approximate surface area is 182 Å². The molecule has 164 valence electrons. The number of nitrogens with zero attached hydrogens (tertiary/aromatic N) is 2. The monoisotopic (exact) mass is 437 g/mol. The number of fused-ring (bicyclic) bond motifs is 3. The van der Waals surface area contributed by atoms with Crippen molar-refractivity contribution in [2.45, 2.75) is 37.4 Å². The summed E-state index contributed by atoms with van der Waals surface area (Å²) in [4.78, 5) is 54.7. The number of para-hydroxylation sites is 1. The number of anilines is 2. The van der Waals surface area contributed by atoms with Gasteiger partial charge in [0.2, 0.25) is 11.6 Å². The van der Waals surface area contributed by atoms with E-state index < -0.39 is 30.0 Å². The zero-order valence-corrected chi connectivity index (χ0v) is 17.0. The second-order valence-electron chi connectivity index (χ2n) is 8.10. The molecule has 0 bridgehead atoms. The molecule has 1 saturated carbocycles. The van der Waals surface area contributed by atoms with E-state index in [4.69, 9.17) is 4.74 Å². The zero-order valence-electron chi connectivity index (χ0n) is 17.0. The molecule has 0 spiro atoms. The Hall–Kier alpha value is -3.75. The Morgan fingerprint density at radius 2 is 1.91 bits per heavy atom. The van der Waals surface area contributed by atoms with Crippen molar-refractivity contribution >= 4 is 35.1 Å². The van der Waals surface area contributed by atoms with Gasteiger partial charge < -0.3 is 15.0 Å². The maximum Gasteiger partial charge on any atom is 0.354 e. The highest BCUT2D eigenvalue weighted by atomic mass is 19.1. The fourth-order valence-corrected chi connectivity index (χ4v) is 4.52. The quantitative estimate of drug-likeness (QED) is 0.725. The number of amides is 3. The van der Waals surface area contributed by atoms with Crippen molar-refractivity contribution in [3.8, 4) is 0 Å². The summed E-state index contributed by atoms with van der Waals surface area (Å²) in [5.41, 5.74) is -0.647. The maximum atomic E-state index is 13.4. The predicted octanol–water partition coefficient (Wildman–Crippen LogP) is 2.45. The molecular weight excluding hydrogens is 417 g/mol. The van der Waals surface area contributed by atoms with Crippen LogP contribution in [0.2, 0.25) is 0 Å². The predicted molar refractivity (Wildman–Crippen MR) is 111 cm³/mol. The van der Waals surface area contributed by atoms with E-state index >= 15 is 0 Å². The second-order valence-corrected chi connectivity index (χ2v) is 8.10. The second kappa shape index (κ2) is 7.44. The topological polar surface area (TPSA) is 96.0 Å². The van der Waals surface area contributed by atoms with Gasteiger partial charge in [0.15, 0.2) is 6.61 Å². The molecule has 0 radical (unpaired) electrons. The van der Waals surface area contributed by atoms with E-state index in [0.717, 1.165) is 18.9 Å². The third-order valence-corrected chi connectivity index (χ3v) is 5.98. The summed E-state index contributed by atoms with van der Waals surface area (Å²) in [7, 11) is 0. The number of hydrogen-bond donors (Lipinski definition) is 1. The van der Waals surface area contributed by atoms with Crippen LogP contribution in [0, 0.1) is 5.82 Å². The lowest BCUT2D eigenvalue weighted by molar-refractivity contribution is -0.159. The minimum Gasteiger partial charge on any atom is -0.452 e. The lowest BCUT2D eigenvalue weighted by atomic mass is 9.96. The van der Waals surface area contributed by atoms with Gasteiger partial charge in [-0.2, -0.15) is 0 Å². The van der Waals surface area contributed by atoms with Gasteiger partial charge in [-0.3, -0.25) is 19.3 Å². The van der Waals surface area contributed by atoms with Gasteiger partial charge in [-0.05, 0) is 43.2 Å². The Morgan fingerprint density at radius 1 is 1.12 bits per heavy atom. The van der Waals surface area contributed by atoms with Gasteiger partial charge in [0.1, 0.15) is 5.82 Å². The molecule has 1 aliphatic carbocycles. The van der Waals surface area contributed by atoms with Crippen LogP contribution in [0.1, 0.15) is 36.0 Å². The molecule has 1 N–H and O–H groups in total. The van der Waals surface area contributed by atoms with Gasteiger partial charge in [0.25, 0.3) is 11.8 Å². The van der Waals surface area contributed by atoms with Crippen LogP contribution in [0.15, 0.2) is 48.5 Å². The molecule has 8 nitrogen and oxygen atoms in total. The van der Waals surface area contributed by atoms with E-state index in [9.17, 15) is 23.6 Å². The number of halogens is 1. The average molecular weight is 437 g/mol. The molecule has 2 aromatic carbocycles. The smallest absolute Gasteiger partial charge is 0.354 e. The van der Waals surface area contributed by atoms with Crippen molar-refractivity contribution in [3.63, 3.8) is 0 Å². The van der Waals surface area contributed by atoms with Crippen LogP contribution in [0.25, 0.3) is 0 Å². The van der Waals surface area contributed by atoms with Crippen LogP contribution in [0.4, 0.5) is 15.8 Å². The molecule has 1 atom stereocenters. The van der Waals surface area contributed by atoms with Crippen LogP contribution in [-0.2, 0) is 19.1 Å². The van der Waals surface area contributed by atoms with E-state index in [-0.39, 0.29) is 36.4 Å². The van der Waals surface area contributed by atoms with Crippen LogP contribution >= 0.6 is 0 Å². The number of esters is 1. The van der Waals surface area contributed by atoms with E-state index in [2.05, 4.69) is 5.32 Å². The van der Waals surface area contributed by atoms with Crippen molar-refractivity contribution in [3.05, 3.63) is 59.9 Å². The highest BCUT2D eigenvalue weighted by molar-refractivity contribution is 6.16. The number of nitrogens with one attached hydrogen (secondary N) is 1. The molecule has 1 unspecified atom stereocenters. The minimum atomic E-state index is -1.61. The minimum absolute atomic E-state index is 0.0788. The molecular formula is C23H20FN3O5. The Balaban J connectivity index is 1.42. The molecule has 32 heavy (non-hydrogen) atoms. The Kier molecular flexibility index (Phi) is 4.69. The number of rotatable bonds is 5. The molecule has 5 rings (SSSR count). The van der Waals surface area contributed by atoms with Crippen molar-refractivity contribution in [2.75, 3.05) is 16.8 Å². The Morgan fingerprint density at radius 3 is 2.66 bits per heavy atom. The van der Waals surface area contributed by atoms with Crippen LogP contribution in [0.3, 0.4) is 0 Å². The molecule has 3 amide bonds. The van der Waals surface area contributed by atoms with Gasteiger partial charge in [-0.15, -0.1) is 0 Å². The van der Waals surface area contributed by atoms with Crippen molar-refractivity contribution in [1.29, 1.82) is 0 Å². The fraction of sp³-hybridized carbons (Fsp3) is 0.304. The van der Waals surface area contributed by atoms with Gasteiger partial charge in [-0.1, -0.05) is 18.2 Å². The highest BCUT2D eigenvalue weighted by Gasteiger charge is 2.64. The van der Waals surface area contributed by atoms with E-state index in [1.807, 2.05) is 0 Å². The third-order valence-electron chi connectivity index (χ3n) is 5.98. The first-order valence-electron chi connectivity index (χ1n) is 10.4. The first kappa shape index (κ1) is 20.2. The summed E-state index contributed by atoms with van der Waals surface area (Å²) in [6, 6.07) is 11.8. The van der Waals surface area contributed by atoms with Crippen LogP contribution in [-0.4, -0.2) is 46.9 Å². The normalized spacial score (nSPS) is 21.8. The van der Waals surface area contributed by atoms with Crippen molar-refractivity contribution in [2.24, 2.45) is 0 Å². The number of carbonyl (C=O) groups excluding carboxylic acids is 4. The zero-order chi connectivity index (χ0) is 22.5. The summed E-state index contributed by atoms with van der Waals surface area (Å²) < 4.78 is 18.7. The lowest BCUT2D eigenvalue weighted by Crippen LogP contribution is -2.69. The van der Waals surface area contributed by atoms with Crippen molar-refractivity contribution in [1.82, 2.24) is 4.90 Å². The summed E-state index contributed by atoms with van der Waals surface area (Å²) in [6.07, 6.45) is 1.62. The Bertz CT molecular complexity index is 1150. The third kappa shape index (κ3) is 3.12.